The molecule has 0 saturated carbocycles. The Kier molecular flexibility index (Phi) is 5.72. The molecule has 1 saturated heterocycles. The Bertz CT molecular complexity index is 1040. The Morgan fingerprint density at radius 2 is 1.89 bits per heavy atom. The van der Waals surface area contributed by atoms with Crippen LogP contribution >= 0.6 is 34.8 Å². The number of sulfonamides is 1. The molecule has 2 aromatic carbocycles. The summed E-state index contributed by atoms with van der Waals surface area (Å²) >= 11 is 18.4. The van der Waals surface area contributed by atoms with E-state index in [2.05, 4.69) is 11.9 Å². The molecular formula is C18H15Cl3N2O3S. The molecule has 1 aliphatic heterocycles. The highest BCUT2D eigenvalue weighted by atomic mass is 35.5. The first-order valence-electron chi connectivity index (χ1n) is 7.95. The summed E-state index contributed by atoms with van der Waals surface area (Å²) < 4.78 is 25.6. The van der Waals surface area contributed by atoms with E-state index in [0.717, 1.165) is 5.56 Å². The van der Waals surface area contributed by atoms with Gasteiger partial charge in [-0.2, -0.15) is 0 Å². The standard InChI is InChI=1S/C18H15Cl3N2O3S/c1-2-11-6-12(19)8-13(7-11)22-18(24)15-9-14(10-16(20)17(15)21)23-4-3-5-27(23,25)26/h2,6-10H,1,3-5H2,(H,22,24). The largest absolute Gasteiger partial charge is 0.322 e. The van der Waals surface area contributed by atoms with Gasteiger partial charge in [-0.05, 0) is 42.3 Å². The maximum absolute atomic E-state index is 12.7. The van der Waals surface area contributed by atoms with Gasteiger partial charge < -0.3 is 5.32 Å². The maximum atomic E-state index is 12.7. The van der Waals surface area contributed by atoms with E-state index in [1.165, 1.54) is 16.4 Å². The zero-order chi connectivity index (χ0) is 19.8. The number of rotatable bonds is 4. The fourth-order valence-electron chi connectivity index (χ4n) is 2.81. The van der Waals surface area contributed by atoms with Crippen molar-refractivity contribution >= 4 is 68.2 Å². The zero-order valence-corrected chi connectivity index (χ0v) is 17.1. The number of amides is 1. The molecule has 0 bridgehead atoms. The van der Waals surface area contributed by atoms with Crippen LogP contribution in [0.3, 0.4) is 0 Å². The van der Waals surface area contributed by atoms with Crippen molar-refractivity contribution in [3.8, 4) is 0 Å². The first kappa shape index (κ1) is 20.0. The number of hydrogen-bond acceptors (Lipinski definition) is 3. The molecule has 0 radical (unpaired) electrons. The van der Waals surface area contributed by atoms with Crippen LogP contribution in [-0.4, -0.2) is 26.6 Å². The molecular weight excluding hydrogens is 431 g/mol. The van der Waals surface area contributed by atoms with Gasteiger partial charge in [0.05, 0.1) is 27.0 Å². The second-order valence-electron chi connectivity index (χ2n) is 5.96. The molecule has 142 valence electrons. The predicted octanol–water partition coefficient (Wildman–Crippen LogP) is 5.08. The van der Waals surface area contributed by atoms with Crippen molar-refractivity contribution in [3.63, 3.8) is 0 Å². The minimum atomic E-state index is -3.41. The van der Waals surface area contributed by atoms with E-state index in [0.29, 0.717) is 29.4 Å². The Balaban J connectivity index is 1.97. The third-order valence-electron chi connectivity index (χ3n) is 4.06. The number of carbonyl (C=O) groups is 1. The summed E-state index contributed by atoms with van der Waals surface area (Å²) in [6.07, 6.45) is 2.11. The average Bonchev–Trinajstić information content (AvgIpc) is 2.95. The summed E-state index contributed by atoms with van der Waals surface area (Å²) in [6, 6.07) is 7.84. The second-order valence-corrected chi connectivity index (χ2v) is 9.20. The number of hydrogen-bond donors (Lipinski definition) is 1. The van der Waals surface area contributed by atoms with Crippen LogP contribution < -0.4 is 9.62 Å². The molecule has 0 aliphatic carbocycles. The van der Waals surface area contributed by atoms with Crippen LogP contribution in [0.25, 0.3) is 6.08 Å². The molecule has 0 unspecified atom stereocenters. The van der Waals surface area contributed by atoms with Crippen LogP contribution in [0, 0.1) is 0 Å². The van der Waals surface area contributed by atoms with E-state index in [1.54, 1.807) is 24.3 Å². The van der Waals surface area contributed by atoms with Gasteiger partial charge in [-0.1, -0.05) is 47.5 Å². The molecule has 0 atom stereocenters. The molecule has 2 aromatic rings. The van der Waals surface area contributed by atoms with E-state index < -0.39 is 15.9 Å². The fourth-order valence-corrected chi connectivity index (χ4v) is 5.01. The summed E-state index contributed by atoms with van der Waals surface area (Å²) in [5.74, 6) is -0.473. The number of benzene rings is 2. The summed E-state index contributed by atoms with van der Waals surface area (Å²) in [5.41, 5.74) is 1.57. The first-order chi connectivity index (χ1) is 12.7. The quantitative estimate of drug-likeness (QED) is 0.713. The number of anilines is 2. The lowest BCUT2D eigenvalue weighted by molar-refractivity contribution is 0.102. The van der Waals surface area contributed by atoms with Gasteiger partial charge in [-0.3, -0.25) is 9.10 Å². The monoisotopic (exact) mass is 444 g/mol. The van der Waals surface area contributed by atoms with Crippen LogP contribution in [0.4, 0.5) is 11.4 Å². The Morgan fingerprint density at radius 1 is 1.15 bits per heavy atom. The van der Waals surface area contributed by atoms with E-state index in [9.17, 15) is 13.2 Å². The van der Waals surface area contributed by atoms with E-state index in [1.807, 2.05) is 0 Å². The van der Waals surface area contributed by atoms with E-state index >= 15 is 0 Å². The molecule has 5 nitrogen and oxygen atoms in total. The van der Waals surface area contributed by atoms with Gasteiger partial charge in [0.25, 0.3) is 5.91 Å². The minimum Gasteiger partial charge on any atom is -0.322 e. The first-order valence-corrected chi connectivity index (χ1v) is 10.7. The van der Waals surface area contributed by atoms with Gasteiger partial charge in [0.1, 0.15) is 0 Å². The third kappa shape index (κ3) is 4.24. The van der Waals surface area contributed by atoms with Gasteiger partial charge in [-0.25, -0.2) is 8.42 Å². The fraction of sp³-hybridized carbons (Fsp3) is 0.167. The lowest BCUT2D eigenvalue weighted by atomic mass is 10.1. The molecule has 27 heavy (non-hydrogen) atoms. The lowest BCUT2D eigenvalue weighted by Gasteiger charge is -2.19. The topological polar surface area (TPSA) is 66.5 Å². The highest BCUT2D eigenvalue weighted by Crippen LogP contribution is 2.34. The number of nitrogens with zero attached hydrogens (tertiary/aromatic N) is 1. The Morgan fingerprint density at radius 3 is 2.52 bits per heavy atom. The van der Waals surface area contributed by atoms with Crippen LogP contribution in [0.2, 0.25) is 15.1 Å². The van der Waals surface area contributed by atoms with Crippen molar-refractivity contribution in [2.75, 3.05) is 21.9 Å². The Hall–Kier alpha value is -1.73. The van der Waals surface area contributed by atoms with Gasteiger partial charge in [0.2, 0.25) is 10.0 Å². The van der Waals surface area contributed by atoms with Crippen LogP contribution in [0.1, 0.15) is 22.3 Å². The van der Waals surface area contributed by atoms with Crippen molar-refractivity contribution in [3.05, 3.63) is 63.1 Å². The summed E-state index contributed by atoms with van der Waals surface area (Å²) in [7, 11) is -3.41. The van der Waals surface area contributed by atoms with E-state index in [-0.39, 0.29) is 21.4 Å². The molecule has 9 heteroatoms. The van der Waals surface area contributed by atoms with Crippen LogP contribution in [-0.2, 0) is 10.0 Å². The zero-order valence-electron chi connectivity index (χ0n) is 14.0. The van der Waals surface area contributed by atoms with Crippen molar-refractivity contribution < 1.29 is 13.2 Å². The van der Waals surface area contributed by atoms with Gasteiger partial charge >= 0.3 is 0 Å². The van der Waals surface area contributed by atoms with Crippen molar-refractivity contribution in [1.82, 2.24) is 0 Å². The highest BCUT2D eigenvalue weighted by Gasteiger charge is 2.30. The van der Waals surface area contributed by atoms with Gasteiger partial charge in [0, 0.05) is 17.3 Å². The molecule has 1 aliphatic rings. The highest BCUT2D eigenvalue weighted by molar-refractivity contribution is 7.93. The van der Waals surface area contributed by atoms with Crippen LogP contribution in [0.5, 0.6) is 0 Å². The number of nitrogens with one attached hydrogen (secondary N) is 1. The van der Waals surface area contributed by atoms with Crippen molar-refractivity contribution in [1.29, 1.82) is 0 Å². The molecule has 0 aromatic heterocycles. The Labute approximate surface area is 172 Å². The van der Waals surface area contributed by atoms with Gasteiger partial charge in [0.15, 0.2) is 0 Å². The minimum absolute atomic E-state index is 0.0421. The maximum Gasteiger partial charge on any atom is 0.257 e. The van der Waals surface area contributed by atoms with Crippen molar-refractivity contribution in [2.45, 2.75) is 6.42 Å². The summed E-state index contributed by atoms with van der Waals surface area (Å²) in [5, 5.41) is 3.27. The van der Waals surface area contributed by atoms with E-state index in [4.69, 9.17) is 34.8 Å². The SMILES string of the molecule is C=Cc1cc(Cl)cc(NC(=O)c2cc(N3CCCS3(=O)=O)cc(Cl)c2Cl)c1. The third-order valence-corrected chi connectivity index (χ3v) is 6.95. The van der Waals surface area contributed by atoms with Gasteiger partial charge in [-0.15, -0.1) is 0 Å². The smallest absolute Gasteiger partial charge is 0.257 e. The molecule has 0 spiro atoms. The van der Waals surface area contributed by atoms with Crippen LogP contribution in [0.15, 0.2) is 36.9 Å². The molecule has 3 rings (SSSR count). The van der Waals surface area contributed by atoms with Crippen molar-refractivity contribution in [2.24, 2.45) is 0 Å². The number of halogens is 3. The second kappa shape index (κ2) is 7.72. The number of carbonyl (C=O) groups excluding carboxylic acids is 1. The lowest BCUT2D eigenvalue weighted by Crippen LogP contribution is -2.25. The summed E-state index contributed by atoms with van der Waals surface area (Å²) in [6.45, 7) is 4.00. The molecule has 1 heterocycles. The molecule has 1 amide bonds. The molecule has 1 fully saturated rings. The predicted molar refractivity (Wildman–Crippen MR) is 112 cm³/mol. The normalized spacial score (nSPS) is 15.6. The summed E-state index contributed by atoms with van der Waals surface area (Å²) in [4.78, 5) is 12.7. The molecule has 1 N–H and O–H groups in total. The average molecular weight is 446 g/mol.